The molecular weight excluding hydrogens is 470 g/mol. The zero-order valence-electron chi connectivity index (χ0n) is 16.1. The Bertz CT molecular complexity index is 723. The largest absolute Gasteiger partial charge is 0.356 e. The molecule has 28 heavy (non-hydrogen) atoms. The van der Waals surface area contributed by atoms with Crippen LogP contribution in [0.5, 0.6) is 0 Å². The van der Waals surface area contributed by atoms with Gasteiger partial charge >= 0.3 is 0 Å². The monoisotopic (exact) mass is 498 g/mol. The Hall–Kier alpha value is -2.16. The Morgan fingerprint density at radius 1 is 0.893 bits per heavy atom. The van der Waals surface area contributed by atoms with Crippen LogP contribution in [0.15, 0.2) is 59.6 Å². The average Bonchev–Trinajstić information content (AvgIpc) is 2.69. The molecule has 0 fully saturated rings. The number of rotatable bonds is 9. The van der Waals surface area contributed by atoms with Gasteiger partial charge in [-0.15, -0.1) is 24.0 Å². The minimum absolute atomic E-state index is 0. The highest BCUT2D eigenvalue weighted by Crippen LogP contribution is 2.03. The predicted octanol–water partition coefficient (Wildman–Crippen LogP) is 2.90. The summed E-state index contributed by atoms with van der Waals surface area (Å²) in [5, 5.41) is 9.27. The summed E-state index contributed by atoms with van der Waals surface area (Å²) in [6.45, 7) is 1.89. The van der Waals surface area contributed by atoms with Gasteiger partial charge in [0.05, 0.1) is 6.42 Å². The Morgan fingerprint density at radius 3 is 2.21 bits per heavy atom. The predicted molar refractivity (Wildman–Crippen MR) is 123 cm³/mol. The zero-order chi connectivity index (χ0) is 19.3. The number of aliphatic imine (C=N–C) groups is 1. The van der Waals surface area contributed by atoms with E-state index >= 15 is 0 Å². The van der Waals surface area contributed by atoms with E-state index in [1.807, 2.05) is 18.2 Å². The van der Waals surface area contributed by atoms with E-state index in [4.69, 9.17) is 0 Å². The van der Waals surface area contributed by atoms with Crippen molar-refractivity contribution in [2.24, 2.45) is 4.99 Å². The van der Waals surface area contributed by atoms with Gasteiger partial charge in [-0.3, -0.25) is 9.79 Å². The molecule has 0 atom stereocenters. The SMILES string of the molecule is CN=C(NCCCc1ccccc1)NCCNC(=O)Cc1ccc(F)cc1.I. The lowest BCUT2D eigenvalue weighted by atomic mass is 10.1. The first-order valence-corrected chi connectivity index (χ1v) is 9.17. The summed E-state index contributed by atoms with van der Waals surface area (Å²) in [5.41, 5.74) is 2.11. The molecule has 3 N–H and O–H groups in total. The van der Waals surface area contributed by atoms with Crippen molar-refractivity contribution in [3.05, 3.63) is 71.5 Å². The normalized spacial score (nSPS) is 10.7. The number of carbonyl (C=O) groups excluding carboxylic acids is 1. The summed E-state index contributed by atoms with van der Waals surface area (Å²) in [5.74, 6) is 0.330. The van der Waals surface area contributed by atoms with E-state index in [-0.39, 0.29) is 42.1 Å². The van der Waals surface area contributed by atoms with Gasteiger partial charge in [0.15, 0.2) is 5.96 Å². The lowest BCUT2D eigenvalue weighted by Gasteiger charge is -2.12. The number of nitrogens with zero attached hydrogens (tertiary/aromatic N) is 1. The minimum Gasteiger partial charge on any atom is -0.356 e. The van der Waals surface area contributed by atoms with Gasteiger partial charge in [-0.05, 0) is 36.1 Å². The fourth-order valence-electron chi connectivity index (χ4n) is 2.60. The van der Waals surface area contributed by atoms with Crippen LogP contribution in [0.1, 0.15) is 17.5 Å². The first kappa shape index (κ1) is 23.9. The summed E-state index contributed by atoms with van der Waals surface area (Å²) >= 11 is 0. The minimum atomic E-state index is -0.300. The van der Waals surface area contributed by atoms with Crippen molar-refractivity contribution in [3.8, 4) is 0 Å². The van der Waals surface area contributed by atoms with Gasteiger partial charge in [-0.1, -0.05) is 42.5 Å². The van der Waals surface area contributed by atoms with Crippen molar-refractivity contribution in [3.63, 3.8) is 0 Å². The smallest absolute Gasteiger partial charge is 0.224 e. The van der Waals surface area contributed by atoms with Gasteiger partial charge < -0.3 is 16.0 Å². The van der Waals surface area contributed by atoms with Crippen LogP contribution >= 0.6 is 24.0 Å². The van der Waals surface area contributed by atoms with Crippen molar-refractivity contribution in [2.75, 3.05) is 26.7 Å². The highest BCUT2D eigenvalue weighted by molar-refractivity contribution is 14.0. The molecule has 152 valence electrons. The van der Waals surface area contributed by atoms with E-state index in [9.17, 15) is 9.18 Å². The molecule has 2 aromatic rings. The number of carbonyl (C=O) groups is 1. The average molecular weight is 498 g/mol. The topological polar surface area (TPSA) is 65.5 Å². The molecule has 0 radical (unpaired) electrons. The Morgan fingerprint density at radius 2 is 1.54 bits per heavy atom. The molecule has 0 saturated carbocycles. The van der Waals surface area contributed by atoms with Crippen LogP contribution in [0, 0.1) is 5.82 Å². The molecule has 0 aliphatic carbocycles. The van der Waals surface area contributed by atoms with Crippen LogP contribution < -0.4 is 16.0 Å². The van der Waals surface area contributed by atoms with Gasteiger partial charge in [0, 0.05) is 26.7 Å². The number of aryl methyl sites for hydroxylation is 1. The number of halogens is 2. The van der Waals surface area contributed by atoms with Crippen LogP contribution in [0.25, 0.3) is 0 Å². The highest BCUT2D eigenvalue weighted by atomic mass is 127. The van der Waals surface area contributed by atoms with Crippen molar-refractivity contribution < 1.29 is 9.18 Å². The Balaban J connectivity index is 0.00000392. The lowest BCUT2D eigenvalue weighted by molar-refractivity contribution is -0.120. The van der Waals surface area contributed by atoms with Gasteiger partial charge in [0.2, 0.25) is 5.91 Å². The molecule has 2 rings (SSSR count). The van der Waals surface area contributed by atoms with Gasteiger partial charge in [-0.25, -0.2) is 4.39 Å². The number of hydrogen-bond donors (Lipinski definition) is 3. The molecule has 5 nitrogen and oxygen atoms in total. The number of nitrogens with one attached hydrogen (secondary N) is 3. The second-order valence-corrected chi connectivity index (χ2v) is 6.17. The van der Waals surface area contributed by atoms with Crippen LogP contribution in [0.2, 0.25) is 0 Å². The second kappa shape index (κ2) is 13.9. The molecule has 0 spiro atoms. The second-order valence-electron chi connectivity index (χ2n) is 6.17. The van der Waals surface area contributed by atoms with Crippen LogP contribution in [-0.2, 0) is 17.6 Å². The third-order valence-corrected chi connectivity index (χ3v) is 4.02. The molecule has 0 unspecified atom stereocenters. The summed E-state index contributed by atoms with van der Waals surface area (Å²) in [7, 11) is 1.72. The van der Waals surface area contributed by atoms with E-state index < -0.39 is 0 Å². The molecule has 0 aromatic heterocycles. The number of amides is 1. The van der Waals surface area contributed by atoms with Gasteiger partial charge in [0.25, 0.3) is 0 Å². The summed E-state index contributed by atoms with van der Waals surface area (Å²) in [6.07, 6.45) is 2.27. The van der Waals surface area contributed by atoms with Crippen LogP contribution in [0.4, 0.5) is 4.39 Å². The molecule has 7 heteroatoms. The molecular formula is C21H28FIN4O. The van der Waals surface area contributed by atoms with Crippen molar-refractivity contribution in [1.82, 2.24) is 16.0 Å². The Labute approximate surface area is 183 Å². The maximum absolute atomic E-state index is 12.9. The van der Waals surface area contributed by atoms with E-state index in [0.29, 0.717) is 13.1 Å². The Kier molecular flexibility index (Phi) is 11.9. The van der Waals surface area contributed by atoms with Crippen LogP contribution in [0.3, 0.4) is 0 Å². The van der Waals surface area contributed by atoms with E-state index in [2.05, 4.69) is 33.1 Å². The van der Waals surface area contributed by atoms with Crippen molar-refractivity contribution >= 4 is 35.8 Å². The number of benzene rings is 2. The molecule has 0 aliphatic heterocycles. The lowest BCUT2D eigenvalue weighted by Crippen LogP contribution is -2.42. The van der Waals surface area contributed by atoms with E-state index in [1.165, 1.54) is 17.7 Å². The first-order chi connectivity index (χ1) is 13.2. The standard InChI is InChI=1S/C21H27FN4O.HI/c1-23-21(25-13-5-8-17-6-3-2-4-7-17)26-15-14-24-20(27)16-18-9-11-19(22)12-10-18;/h2-4,6-7,9-12H,5,8,13-16H2,1H3,(H,24,27)(H2,23,25,26);1H. The van der Waals surface area contributed by atoms with Crippen LogP contribution in [-0.4, -0.2) is 38.5 Å². The first-order valence-electron chi connectivity index (χ1n) is 9.17. The third-order valence-electron chi connectivity index (χ3n) is 4.02. The van der Waals surface area contributed by atoms with E-state index in [0.717, 1.165) is 30.9 Å². The summed E-state index contributed by atoms with van der Waals surface area (Å²) in [6, 6.07) is 16.3. The summed E-state index contributed by atoms with van der Waals surface area (Å²) < 4.78 is 12.9. The fraction of sp³-hybridized carbons (Fsp3) is 0.333. The van der Waals surface area contributed by atoms with Gasteiger partial charge in [0.1, 0.15) is 5.82 Å². The molecule has 0 bridgehead atoms. The molecule has 1 amide bonds. The highest BCUT2D eigenvalue weighted by Gasteiger charge is 2.03. The zero-order valence-corrected chi connectivity index (χ0v) is 18.4. The maximum Gasteiger partial charge on any atom is 0.224 e. The molecule has 2 aromatic carbocycles. The molecule has 0 saturated heterocycles. The molecule has 0 heterocycles. The molecule has 0 aliphatic rings. The van der Waals surface area contributed by atoms with Gasteiger partial charge in [-0.2, -0.15) is 0 Å². The summed E-state index contributed by atoms with van der Waals surface area (Å²) in [4.78, 5) is 16.1. The third kappa shape index (κ3) is 9.68. The fourth-order valence-corrected chi connectivity index (χ4v) is 2.60. The quantitative estimate of drug-likeness (QED) is 0.216. The van der Waals surface area contributed by atoms with Crippen molar-refractivity contribution in [2.45, 2.75) is 19.3 Å². The number of hydrogen-bond acceptors (Lipinski definition) is 2. The van der Waals surface area contributed by atoms with E-state index in [1.54, 1.807) is 19.2 Å². The maximum atomic E-state index is 12.9. The van der Waals surface area contributed by atoms with Crippen molar-refractivity contribution in [1.29, 1.82) is 0 Å². The number of guanidine groups is 1.